The van der Waals surface area contributed by atoms with Gasteiger partial charge in [0.1, 0.15) is 0 Å². The first kappa shape index (κ1) is 11.1. The predicted octanol–water partition coefficient (Wildman–Crippen LogP) is 2.01. The van der Waals surface area contributed by atoms with Crippen molar-refractivity contribution in [1.82, 2.24) is 0 Å². The van der Waals surface area contributed by atoms with Gasteiger partial charge in [0.05, 0.1) is 9.85 Å². The standard InChI is InChI=1S/C9H8N2O6/c1-9(2)16-6-4-3-5(10(12)13)7(11(14)15)8(6)17-9/h3-4H,1-2H3. The molecule has 0 atom stereocenters. The lowest BCUT2D eigenvalue weighted by atomic mass is 10.2. The zero-order valence-electron chi connectivity index (χ0n) is 9.00. The van der Waals surface area contributed by atoms with Crippen molar-refractivity contribution in [2.24, 2.45) is 0 Å². The van der Waals surface area contributed by atoms with Gasteiger partial charge in [-0.05, 0) is 6.07 Å². The summed E-state index contributed by atoms with van der Waals surface area (Å²) in [6.07, 6.45) is 0. The molecule has 8 heteroatoms. The van der Waals surface area contributed by atoms with Crippen LogP contribution in [0.1, 0.15) is 13.8 Å². The third-order valence-corrected chi connectivity index (χ3v) is 2.16. The van der Waals surface area contributed by atoms with Gasteiger partial charge < -0.3 is 9.47 Å². The SMILES string of the molecule is CC1(C)Oc2ccc([N+](=O)[O-])c([N+](=O)[O-])c2O1. The van der Waals surface area contributed by atoms with Gasteiger partial charge in [-0.15, -0.1) is 0 Å². The predicted molar refractivity (Wildman–Crippen MR) is 55.1 cm³/mol. The van der Waals surface area contributed by atoms with E-state index in [0.717, 1.165) is 6.07 Å². The third kappa shape index (κ3) is 1.73. The molecule has 1 heterocycles. The molecule has 8 nitrogen and oxygen atoms in total. The fraction of sp³-hybridized carbons (Fsp3) is 0.333. The number of nitro groups is 2. The van der Waals surface area contributed by atoms with Crippen molar-refractivity contribution in [2.75, 3.05) is 0 Å². The molecule has 1 aliphatic heterocycles. The van der Waals surface area contributed by atoms with Gasteiger partial charge in [0, 0.05) is 19.9 Å². The average Bonchev–Trinajstić information content (AvgIpc) is 2.48. The quantitative estimate of drug-likeness (QED) is 0.578. The Morgan fingerprint density at radius 1 is 1.12 bits per heavy atom. The van der Waals surface area contributed by atoms with Crippen LogP contribution in [0.3, 0.4) is 0 Å². The van der Waals surface area contributed by atoms with Gasteiger partial charge in [-0.2, -0.15) is 0 Å². The molecule has 0 bridgehead atoms. The van der Waals surface area contributed by atoms with E-state index in [4.69, 9.17) is 9.47 Å². The summed E-state index contributed by atoms with van der Waals surface area (Å²) in [5.41, 5.74) is -1.30. The van der Waals surface area contributed by atoms with Crippen molar-refractivity contribution in [3.63, 3.8) is 0 Å². The maximum absolute atomic E-state index is 10.9. The van der Waals surface area contributed by atoms with Crippen LogP contribution in [0, 0.1) is 20.2 Å². The van der Waals surface area contributed by atoms with Gasteiger partial charge >= 0.3 is 11.4 Å². The van der Waals surface area contributed by atoms with E-state index in [1.807, 2.05) is 0 Å². The molecule has 1 aliphatic rings. The van der Waals surface area contributed by atoms with Crippen LogP contribution in [0.4, 0.5) is 11.4 Å². The highest BCUT2D eigenvalue weighted by Gasteiger charge is 2.42. The maximum atomic E-state index is 10.9. The summed E-state index contributed by atoms with van der Waals surface area (Å²) in [6.45, 7) is 3.12. The zero-order valence-corrected chi connectivity index (χ0v) is 9.00. The van der Waals surface area contributed by atoms with Gasteiger partial charge in [-0.1, -0.05) is 0 Å². The van der Waals surface area contributed by atoms with Crippen LogP contribution >= 0.6 is 0 Å². The Labute approximate surface area is 95.1 Å². The molecule has 0 spiro atoms. The highest BCUT2D eigenvalue weighted by Crippen LogP contribution is 2.49. The lowest BCUT2D eigenvalue weighted by molar-refractivity contribution is -0.423. The van der Waals surface area contributed by atoms with Gasteiger partial charge in [-0.25, -0.2) is 0 Å². The first-order valence-corrected chi connectivity index (χ1v) is 4.65. The summed E-state index contributed by atoms with van der Waals surface area (Å²) in [7, 11) is 0. The number of nitrogens with zero attached hydrogens (tertiary/aromatic N) is 2. The minimum Gasteiger partial charge on any atom is -0.449 e. The monoisotopic (exact) mass is 240 g/mol. The highest BCUT2D eigenvalue weighted by molar-refractivity contribution is 5.68. The summed E-state index contributed by atoms with van der Waals surface area (Å²) in [4.78, 5) is 19.9. The van der Waals surface area contributed by atoms with Crippen LogP contribution in [0.5, 0.6) is 11.5 Å². The lowest BCUT2D eigenvalue weighted by Crippen LogP contribution is -2.29. The van der Waals surface area contributed by atoms with Crippen molar-refractivity contribution in [2.45, 2.75) is 19.6 Å². The number of ether oxygens (including phenoxy) is 2. The second kappa shape index (κ2) is 3.30. The Bertz CT molecular complexity index is 524. The van der Waals surface area contributed by atoms with Gasteiger partial charge in [-0.3, -0.25) is 20.2 Å². The average molecular weight is 240 g/mol. The van der Waals surface area contributed by atoms with Gasteiger partial charge in [0.25, 0.3) is 5.75 Å². The lowest BCUT2D eigenvalue weighted by Gasteiger charge is -2.15. The first-order valence-electron chi connectivity index (χ1n) is 4.65. The van der Waals surface area contributed by atoms with Crippen LogP contribution in [-0.4, -0.2) is 15.6 Å². The summed E-state index contributed by atoms with van der Waals surface area (Å²) >= 11 is 0. The van der Waals surface area contributed by atoms with E-state index >= 15 is 0 Å². The molecule has 0 amide bonds. The number of rotatable bonds is 2. The molecule has 0 aromatic heterocycles. The van der Waals surface area contributed by atoms with E-state index in [-0.39, 0.29) is 11.5 Å². The molecule has 0 saturated heterocycles. The summed E-state index contributed by atoms with van der Waals surface area (Å²) in [5.74, 6) is -1.14. The molecule has 0 aliphatic carbocycles. The van der Waals surface area contributed by atoms with Crippen molar-refractivity contribution in [3.05, 3.63) is 32.4 Å². The minimum atomic E-state index is -1.07. The fourth-order valence-electron chi connectivity index (χ4n) is 1.58. The Balaban J connectivity index is 2.66. The molecule has 0 unspecified atom stereocenters. The van der Waals surface area contributed by atoms with Crippen LogP contribution < -0.4 is 9.47 Å². The zero-order chi connectivity index (χ0) is 12.8. The van der Waals surface area contributed by atoms with Crippen LogP contribution in [0.25, 0.3) is 0 Å². The molecule has 1 aromatic carbocycles. The van der Waals surface area contributed by atoms with E-state index in [0.29, 0.717) is 0 Å². The van der Waals surface area contributed by atoms with Crippen LogP contribution in [-0.2, 0) is 0 Å². The molecule has 0 saturated carbocycles. The molecule has 0 fully saturated rings. The Morgan fingerprint density at radius 3 is 2.29 bits per heavy atom. The Hall–Kier alpha value is -2.38. The van der Waals surface area contributed by atoms with E-state index < -0.39 is 27.0 Å². The Kier molecular flexibility index (Phi) is 2.16. The minimum absolute atomic E-state index is 0.132. The second-order valence-electron chi connectivity index (χ2n) is 3.88. The normalized spacial score (nSPS) is 15.6. The molecule has 90 valence electrons. The largest absolute Gasteiger partial charge is 0.449 e. The smallest absolute Gasteiger partial charge is 0.391 e. The summed E-state index contributed by atoms with van der Waals surface area (Å²) in [6, 6.07) is 2.32. The molecule has 0 radical (unpaired) electrons. The van der Waals surface area contributed by atoms with Gasteiger partial charge in [0.15, 0.2) is 5.75 Å². The number of hydrogen-bond acceptors (Lipinski definition) is 6. The first-order chi connectivity index (χ1) is 7.82. The van der Waals surface area contributed by atoms with Crippen molar-refractivity contribution in [3.8, 4) is 11.5 Å². The topological polar surface area (TPSA) is 105 Å². The van der Waals surface area contributed by atoms with Crippen LogP contribution in [0.15, 0.2) is 12.1 Å². The number of hydrogen-bond donors (Lipinski definition) is 0. The molecule has 2 rings (SSSR count). The van der Waals surface area contributed by atoms with Crippen molar-refractivity contribution < 1.29 is 19.3 Å². The van der Waals surface area contributed by atoms with Crippen molar-refractivity contribution >= 4 is 11.4 Å². The number of fused-ring (bicyclic) bond motifs is 1. The fourth-order valence-corrected chi connectivity index (χ4v) is 1.58. The molecule has 1 aromatic rings. The maximum Gasteiger partial charge on any atom is 0.391 e. The van der Waals surface area contributed by atoms with Gasteiger partial charge in [0.2, 0.25) is 5.79 Å². The second-order valence-corrected chi connectivity index (χ2v) is 3.88. The van der Waals surface area contributed by atoms with E-state index in [9.17, 15) is 20.2 Å². The molecular weight excluding hydrogens is 232 g/mol. The summed E-state index contributed by atoms with van der Waals surface area (Å²) < 4.78 is 10.5. The van der Waals surface area contributed by atoms with E-state index in [1.165, 1.54) is 6.07 Å². The van der Waals surface area contributed by atoms with E-state index in [1.54, 1.807) is 13.8 Å². The molecular formula is C9H8N2O6. The van der Waals surface area contributed by atoms with E-state index in [2.05, 4.69) is 0 Å². The molecule has 0 N–H and O–H groups in total. The molecule has 17 heavy (non-hydrogen) atoms. The summed E-state index contributed by atoms with van der Waals surface area (Å²) in [5, 5.41) is 21.6. The van der Waals surface area contributed by atoms with Crippen molar-refractivity contribution in [1.29, 1.82) is 0 Å². The Morgan fingerprint density at radius 2 is 1.76 bits per heavy atom. The number of nitro benzene ring substituents is 2. The highest BCUT2D eigenvalue weighted by atomic mass is 16.7. The number of benzene rings is 1. The van der Waals surface area contributed by atoms with Crippen LogP contribution in [0.2, 0.25) is 0 Å². The third-order valence-electron chi connectivity index (χ3n) is 2.16.